The third kappa shape index (κ3) is 3.51. The normalized spacial score (nSPS) is 14.5. The van der Waals surface area contributed by atoms with Crippen LogP contribution in [0, 0.1) is 0 Å². The van der Waals surface area contributed by atoms with Crippen LogP contribution >= 0.6 is 12.2 Å². The summed E-state index contributed by atoms with van der Waals surface area (Å²) in [7, 11) is 0. The van der Waals surface area contributed by atoms with Crippen molar-refractivity contribution in [2.24, 2.45) is 0 Å². The Morgan fingerprint density at radius 3 is 2.18 bits per heavy atom. The summed E-state index contributed by atoms with van der Waals surface area (Å²) >= 11 is 10.7. The number of thiocarbonyl (C=S) groups is 1. The van der Waals surface area contributed by atoms with Crippen molar-refractivity contribution in [2.45, 2.75) is 13.1 Å². The zero-order valence-corrected chi connectivity index (χ0v) is 13.9. The van der Waals surface area contributed by atoms with E-state index >= 15 is 0 Å². The first-order valence-corrected chi connectivity index (χ1v) is 8.22. The summed E-state index contributed by atoms with van der Waals surface area (Å²) in [4.78, 5) is 2.30. The Morgan fingerprint density at radius 1 is 1.00 bits per heavy atom. The predicted molar refractivity (Wildman–Crippen MR) is 97.1 cm³/mol. The first kappa shape index (κ1) is 15.1. The summed E-state index contributed by atoms with van der Waals surface area (Å²) in [5, 5.41) is 0. The Labute approximate surface area is 142 Å². The molecule has 2 nitrogen and oxygen atoms in total. The van der Waals surface area contributed by atoms with E-state index in [2.05, 4.69) is 58.0 Å². The molecule has 0 bridgehead atoms. The molecule has 0 aliphatic carbocycles. The highest BCUT2D eigenvalue weighted by Gasteiger charge is 2.29. The Morgan fingerprint density at radius 2 is 1.59 bits per heavy atom. The van der Waals surface area contributed by atoms with E-state index in [1.54, 1.807) is 0 Å². The van der Waals surface area contributed by atoms with Gasteiger partial charge in [0.25, 0.3) is 5.84 Å². The second-order valence-electron chi connectivity index (χ2n) is 5.43. The third-order valence-corrected chi connectivity index (χ3v) is 4.22. The quantitative estimate of drug-likeness (QED) is 0.474. The van der Waals surface area contributed by atoms with Gasteiger partial charge in [0.15, 0.2) is 0 Å². The largest absolute Gasteiger partial charge is 0.421 e. The van der Waals surface area contributed by atoms with Crippen molar-refractivity contribution in [3.8, 4) is 0 Å². The van der Waals surface area contributed by atoms with Crippen LogP contribution in [0.2, 0.25) is 0 Å². The number of amidine groups is 1. The van der Waals surface area contributed by atoms with Gasteiger partial charge in [-0.15, -0.1) is 0 Å². The minimum atomic E-state index is 0.560. The molecule has 0 saturated heterocycles. The molecule has 0 amide bonds. The topological polar surface area (TPSA) is 6.25 Å². The molecule has 22 heavy (non-hydrogen) atoms. The van der Waals surface area contributed by atoms with Crippen LogP contribution in [0.25, 0.3) is 0 Å². The van der Waals surface area contributed by atoms with Gasteiger partial charge >= 0.3 is 0 Å². The molecule has 0 radical (unpaired) electrons. The number of hydrogen-bond donors (Lipinski definition) is 0. The fraction of sp³-hybridized carbons (Fsp3) is 0.222. The summed E-state index contributed by atoms with van der Waals surface area (Å²) < 4.78 is 2.86. The summed E-state index contributed by atoms with van der Waals surface area (Å²) in [6.07, 6.45) is 0. The average molecular weight is 326 g/mol. The Balaban J connectivity index is 1.82. The van der Waals surface area contributed by atoms with Crippen LogP contribution in [0.5, 0.6) is 0 Å². The maximum atomic E-state index is 5.34. The van der Waals surface area contributed by atoms with Crippen molar-refractivity contribution in [1.82, 2.24) is 4.90 Å². The number of benzene rings is 2. The van der Waals surface area contributed by atoms with Gasteiger partial charge in [0.05, 0.1) is 0 Å². The highest BCUT2D eigenvalue weighted by Crippen LogP contribution is 2.13. The SMILES string of the molecule is S=C([S-])C1=[N+](Cc2ccccc2)CCN1Cc1ccccc1. The van der Waals surface area contributed by atoms with Crippen molar-refractivity contribution >= 4 is 34.9 Å². The zero-order chi connectivity index (χ0) is 15.4. The second kappa shape index (κ2) is 6.99. The molecule has 0 aromatic heterocycles. The van der Waals surface area contributed by atoms with Crippen LogP contribution in [-0.4, -0.2) is 32.6 Å². The van der Waals surface area contributed by atoms with Crippen molar-refractivity contribution in [1.29, 1.82) is 0 Å². The Bertz CT molecular complexity index is 681. The van der Waals surface area contributed by atoms with Crippen LogP contribution in [-0.2, 0) is 25.7 Å². The Hall–Kier alpha value is -1.78. The van der Waals surface area contributed by atoms with E-state index in [4.69, 9.17) is 24.8 Å². The summed E-state index contributed by atoms with van der Waals surface area (Å²) in [5.74, 6) is 1.03. The zero-order valence-electron chi connectivity index (χ0n) is 12.3. The molecule has 1 aliphatic heterocycles. The van der Waals surface area contributed by atoms with Gasteiger partial charge in [-0.2, -0.15) is 0 Å². The van der Waals surface area contributed by atoms with E-state index in [-0.39, 0.29) is 0 Å². The molecule has 2 aromatic carbocycles. The van der Waals surface area contributed by atoms with Crippen molar-refractivity contribution in [2.75, 3.05) is 13.1 Å². The summed E-state index contributed by atoms with van der Waals surface area (Å²) in [6.45, 7) is 3.65. The maximum absolute atomic E-state index is 5.34. The molecular formula is C18H18N2S2. The van der Waals surface area contributed by atoms with E-state index in [0.717, 1.165) is 32.0 Å². The van der Waals surface area contributed by atoms with Gasteiger partial charge in [0.2, 0.25) is 0 Å². The van der Waals surface area contributed by atoms with Crippen LogP contribution in [0.15, 0.2) is 60.7 Å². The van der Waals surface area contributed by atoms with Gasteiger partial charge in [-0.3, -0.25) is 9.48 Å². The number of hydrogen-bond acceptors (Lipinski definition) is 3. The summed E-state index contributed by atoms with van der Waals surface area (Å²) in [6, 6.07) is 20.9. The monoisotopic (exact) mass is 326 g/mol. The predicted octanol–water partition coefficient (Wildman–Crippen LogP) is 2.99. The van der Waals surface area contributed by atoms with Gasteiger partial charge in [-0.1, -0.05) is 60.7 Å². The van der Waals surface area contributed by atoms with Crippen molar-refractivity contribution in [3.63, 3.8) is 0 Å². The maximum Gasteiger partial charge on any atom is 0.260 e. The molecule has 0 N–H and O–H groups in total. The molecule has 1 heterocycles. The molecule has 1 aliphatic rings. The van der Waals surface area contributed by atoms with Crippen LogP contribution in [0.3, 0.4) is 0 Å². The fourth-order valence-corrected chi connectivity index (χ4v) is 3.34. The van der Waals surface area contributed by atoms with Gasteiger partial charge in [0.1, 0.15) is 26.2 Å². The van der Waals surface area contributed by atoms with Gasteiger partial charge < -0.3 is 24.8 Å². The van der Waals surface area contributed by atoms with E-state index in [1.807, 2.05) is 12.1 Å². The van der Waals surface area contributed by atoms with Gasteiger partial charge in [0, 0.05) is 0 Å². The number of nitrogens with zero attached hydrogens (tertiary/aromatic N) is 2. The molecule has 0 spiro atoms. The smallest absolute Gasteiger partial charge is 0.260 e. The molecule has 2 aromatic rings. The van der Waals surface area contributed by atoms with Crippen LogP contribution < -0.4 is 0 Å². The molecule has 3 rings (SSSR count). The first-order valence-electron chi connectivity index (χ1n) is 7.40. The lowest BCUT2D eigenvalue weighted by molar-refractivity contribution is -0.532. The molecule has 112 valence electrons. The highest BCUT2D eigenvalue weighted by molar-refractivity contribution is 8.03. The van der Waals surface area contributed by atoms with Crippen LogP contribution in [0.4, 0.5) is 0 Å². The molecular weight excluding hydrogens is 308 g/mol. The van der Waals surface area contributed by atoms with Crippen LogP contribution in [0.1, 0.15) is 11.1 Å². The molecule has 0 unspecified atom stereocenters. The minimum absolute atomic E-state index is 0.560. The molecule has 0 fully saturated rings. The highest BCUT2D eigenvalue weighted by atomic mass is 32.1. The first-order chi connectivity index (χ1) is 10.7. The Kier molecular flexibility index (Phi) is 4.80. The third-order valence-electron chi connectivity index (χ3n) is 3.85. The van der Waals surface area contributed by atoms with E-state index in [0.29, 0.717) is 4.20 Å². The standard InChI is InChI=1S/C18H18N2S2/c21-18(22)17-19(13-15-7-3-1-4-8-15)11-12-20(17)14-16-9-5-2-6-10-16/h1-10H,11-14H2. The van der Waals surface area contributed by atoms with Crippen molar-refractivity contribution < 1.29 is 4.58 Å². The van der Waals surface area contributed by atoms with Gasteiger partial charge in [-0.05, 0) is 15.3 Å². The molecule has 0 saturated carbocycles. The minimum Gasteiger partial charge on any atom is -0.421 e. The summed E-state index contributed by atoms with van der Waals surface area (Å²) in [5.41, 5.74) is 2.57. The second-order valence-corrected chi connectivity index (χ2v) is 6.50. The lowest BCUT2D eigenvalue weighted by Crippen LogP contribution is -2.34. The number of rotatable bonds is 5. The van der Waals surface area contributed by atoms with E-state index < -0.39 is 0 Å². The van der Waals surface area contributed by atoms with E-state index in [9.17, 15) is 0 Å². The van der Waals surface area contributed by atoms with Gasteiger partial charge in [-0.25, -0.2) is 0 Å². The molecule has 0 atom stereocenters. The van der Waals surface area contributed by atoms with E-state index in [1.165, 1.54) is 11.1 Å². The lowest BCUT2D eigenvalue weighted by atomic mass is 10.2. The van der Waals surface area contributed by atoms with Crippen molar-refractivity contribution in [3.05, 3.63) is 71.8 Å². The average Bonchev–Trinajstić information content (AvgIpc) is 2.92. The molecule has 4 heteroatoms. The fourth-order valence-electron chi connectivity index (χ4n) is 2.83. The lowest BCUT2D eigenvalue weighted by Gasteiger charge is -2.16.